The molecular formula is C20H25FN3O3S+. The second kappa shape index (κ2) is 8.81. The molecule has 0 radical (unpaired) electrons. The predicted octanol–water partition coefficient (Wildman–Crippen LogP) is 0.374. The van der Waals surface area contributed by atoms with Crippen molar-refractivity contribution < 1.29 is 22.5 Å². The van der Waals surface area contributed by atoms with Crippen molar-refractivity contribution in [2.24, 2.45) is 0 Å². The summed E-state index contributed by atoms with van der Waals surface area (Å²) in [5.41, 5.74) is 1.06. The molecule has 2 aromatic carbocycles. The molecule has 3 rings (SSSR count). The average molecular weight is 407 g/mol. The number of likely N-dealkylation sites (N-methyl/N-ethyl adjacent to an activating group) is 1. The monoisotopic (exact) mass is 406 g/mol. The van der Waals surface area contributed by atoms with Gasteiger partial charge in [-0.2, -0.15) is 4.31 Å². The van der Waals surface area contributed by atoms with Crippen LogP contribution in [0.1, 0.15) is 5.56 Å². The van der Waals surface area contributed by atoms with Crippen LogP contribution in [-0.2, 0) is 21.4 Å². The molecule has 8 heteroatoms. The van der Waals surface area contributed by atoms with E-state index in [1.54, 1.807) is 11.9 Å². The van der Waals surface area contributed by atoms with Gasteiger partial charge in [0.25, 0.3) is 5.91 Å². The topological polar surface area (TPSA) is 62.1 Å². The van der Waals surface area contributed by atoms with Crippen LogP contribution in [0.4, 0.5) is 4.39 Å². The Morgan fingerprint density at radius 1 is 1.07 bits per heavy atom. The maximum atomic E-state index is 13.9. The van der Waals surface area contributed by atoms with Crippen molar-refractivity contribution in [2.75, 3.05) is 39.8 Å². The Morgan fingerprint density at radius 2 is 1.68 bits per heavy atom. The molecule has 1 aliphatic rings. The Hall–Kier alpha value is -2.29. The van der Waals surface area contributed by atoms with Gasteiger partial charge < -0.3 is 9.80 Å². The van der Waals surface area contributed by atoms with E-state index in [2.05, 4.69) is 0 Å². The van der Waals surface area contributed by atoms with Gasteiger partial charge in [-0.3, -0.25) is 4.79 Å². The fourth-order valence-electron chi connectivity index (χ4n) is 3.31. The van der Waals surface area contributed by atoms with Crippen LogP contribution < -0.4 is 4.90 Å². The molecule has 0 unspecified atom stereocenters. The van der Waals surface area contributed by atoms with E-state index in [-0.39, 0.29) is 23.9 Å². The quantitative estimate of drug-likeness (QED) is 0.754. The van der Waals surface area contributed by atoms with E-state index >= 15 is 0 Å². The summed E-state index contributed by atoms with van der Waals surface area (Å²) < 4.78 is 40.5. The third-order valence-electron chi connectivity index (χ3n) is 4.97. The molecule has 1 aliphatic heterocycles. The molecular weight excluding hydrogens is 381 g/mol. The van der Waals surface area contributed by atoms with Crippen molar-refractivity contribution in [3.05, 3.63) is 66.0 Å². The van der Waals surface area contributed by atoms with Crippen LogP contribution in [0.5, 0.6) is 0 Å². The molecule has 0 spiro atoms. The van der Waals surface area contributed by atoms with E-state index in [0.717, 1.165) is 16.5 Å². The Kier molecular flexibility index (Phi) is 6.43. The fraction of sp³-hybridized carbons (Fsp3) is 0.350. The normalized spacial score (nSPS) is 16.1. The first-order chi connectivity index (χ1) is 13.4. The number of sulfonamides is 1. The van der Waals surface area contributed by atoms with E-state index in [4.69, 9.17) is 0 Å². The summed E-state index contributed by atoms with van der Waals surface area (Å²) in [5.74, 6) is -0.723. The summed E-state index contributed by atoms with van der Waals surface area (Å²) in [6.45, 7) is 2.41. The molecule has 0 aromatic heterocycles. The first kappa shape index (κ1) is 20.4. The highest BCUT2D eigenvalue weighted by atomic mass is 32.2. The average Bonchev–Trinajstić information content (AvgIpc) is 2.69. The lowest BCUT2D eigenvalue weighted by molar-refractivity contribution is -0.896. The van der Waals surface area contributed by atoms with Crippen molar-refractivity contribution in [1.29, 1.82) is 0 Å². The maximum absolute atomic E-state index is 13.9. The van der Waals surface area contributed by atoms with Gasteiger partial charge in [0.1, 0.15) is 10.7 Å². The van der Waals surface area contributed by atoms with Crippen LogP contribution in [0.25, 0.3) is 0 Å². The van der Waals surface area contributed by atoms with Crippen LogP contribution in [0.15, 0.2) is 59.5 Å². The third kappa shape index (κ3) is 4.76. The number of carbonyl (C=O) groups excluding carboxylic acids is 1. The molecule has 0 atom stereocenters. The Morgan fingerprint density at radius 3 is 2.32 bits per heavy atom. The molecule has 1 saturated heterocycles. The number of nitrogens with one attached hydrogen (secondary N) is 1. The molecule has 0 saturated carbocycles. The first-order valence-corrected chi connectivity index (χ1v) is 10.7. The van der Waals surface area contributed by atoms with Crippen LogP contribution in [0.2, 0.25) is 0 Å². The Labute approximate surface area is 165 Å². The number of nitrogens with zero attached hydrogens (tertiary/aromatic N) is 2. The fourth-order valence-corrected chi connectivity index (χ4v) is 4.81. The van der Waals surface area contributed by atoms with Crippen LogP contribution in [0, 0.1) is 5.82 Å². The summed E-state index contributed by atoms with van der Waals surface area (Å²) in [6, 6.07) is 15.2. The van der Waals surface area contributed by atoms with Gasteiger partial charge in [-0.1, -0.05) is 42.5 Å². The lowest BCUT2D eigenvalue weighted by Gasteiger charge is -2.32. The minimum Gasteiger partial charge on any atom is -0.337 e. The minimum atomic E-state index is -3.85. The molecule has 1 N–H and O–H groups in total. The van der Waals surface area contributed by atoms with E-state index in [0.29, 0.717) is 26.2 Å². The van der Waals surface area contributed by atoms with Gasteiger partial charge in [0.05, 0.1) is 26.2 Å². The summed E-state index contributed by atoms with van der Waals surface area (Å²) in [7, 11) is -2.08. The summed E-state index contributed by atoms with van der Waals surface area (Å²) in [4.78, 5) is 14.9. The number of piperazine rings is 1. The van der Waals surface area contributed by atoms with E-state index in [1.165, 1.54) is 22.5 Å². The maximum Gasteiger partial charge on any atom is 0.277 e. The molecule has 2 aromatic rings. The third-order valence-corrected chi connectivity index (χ3v) is 6.91. The second-order valence-corrected chi connectivity index (χ2v) is 8.90. The van der Waals surface area contributed by atoms with Gasteiger partial charge in [-0.15, -0.1) is 0 Å². The largest absolute Gasteiger partial charge is 0.337 e. The smallest absolute Gasteiger partial charge is 0.277 e. The number of rotatable bonds is 6. The molecule has 1 amide bonds. The molecule has 1 heterocycles. The SMILES string of the molecule is CN(Cc1ccccc1)C(=O)C[NH+]1CCN(S(=O)(=O)c2ccccc2F)CC1. The van der Waals surface area contributed by atoms with Gasteiger partial charge in [-0.25, -0.2) is 12.8 Å². The summed E-state index contributed by atoms with van der Waals surface area (Å²) in [5, 5.41) is 0. The van der Waals surface area contributed by atoms with Crippen molar-refractivity contribution >= 4 is 15.9 Å². The summed E-state index contributed by atoms with van der Waals surface area (Å²) >= 11 is 0. The van der Waals surface area contributed by atoms with Crippen LogP contribution >= 0.6 is 0 Å². The first-order valence-electron chi connectivity index (χ1n) is 9.24. The zero-order valence-corrected chi connectivity index (χ0v) is 16.7. The van der Waals surface area contributed by atoms with Gasteiger partial charge in [0.15, 0.2) is 6.54 Å². The number of benzene rings is 2. The highest BCUT2D eigenvalue weighted by Crippen LogP contribution is 2.18. The number of carbonyl (C=O) groups is 1. The molecule has 150 valence electrons. The standard InChI is InChI=1S/C20H24FN3O3S/c1-22(15-17-7-3-2-4-8-17)20(25)16-23-11-13-24(14-12-23)28(26,27)19-10-6-5-9-18(19)21/h2-10H,11-16H2,1H3/p+1. The number of hydrogen-bond acceptors (Lipinski definition) is 3. The van der Waals surface area contributed by atoms with Gasteiger partial charge in [0.2, 0.25) is 10.0 Å². The van der Waals surface area contributed by atoms with Gasteiger partial charge in [-0.05, 0) is 17.7 Å². The zero-order chi connectivity index (χ0) is 20.1. The van der Waals surface area contributed by atoms with Crippen LogP contribution in [0.3, 0.4) is 0 Å². The van der Waals surface area contributed by atoms with Crippen molar-refractivity contribution in [3.8, 4) is 0 Å². The number of amides is 1. The van der Waals surface area contributed by atoms with E-state index in [9.17, 15) is 17.6 Å². The predicted molar refractivity (Wildman–Crippen MR) is 104 cm³/mol. The molecule has 6 nitrogen and oxygen atoms in total. The highest BCUT2D eigenvalue weighted by molar-refractivity contribution is 7.89. The van der Waals surface area contributed by atoms with Crippen molar-refractivity contribution in [1.82, 2.24) is 9.21 Å². The number of hydrogen-bond donors (Lipinski definition) is 1. The van der Waals surface area contributed by atoms with Gasteiger partial charge >= 0.3 is 0 Å². The van der Waals surface area contributed by atoms with E-state index < -0.39 is 15.8 Å². The molecule has 1 fully saturated rings. The summed E-state index contributed by atoms with van der Waals surface area (Å²) in [6.07, 6.45) is 0. The zero-order valence-electron chi connectivity index (χ0n) is 15.8. The lowest BCUT2D eigenvalue weighted by atomic mass is 10.2. The van der Waals surface area contributed by atoms with Crippen molar-refractivity contribution in [2.45, 2.75) is 11.4 Å². The van der Waals surface area contributed by atoms with E-state index in [1.807, 2.05) is 30.3 Å². The molecule has 28 heavy (non-hydrogen) atoms. The van der Waals surface area contributed by atoms with Gasteiger partial charge in [0, 0.05) is 13.6 Å². The lowest BCUT2D eigenvalue weighted by Crippen LogP contribution is -3.15. The number of halogens is 1. The second-order valence-electron chi connectivity index (χ2n) is 7.00. The Balaban J connectivity index is 1.54. The van der Waals surface area contributed by atoms with Crippen LogP contribution in [-0.4, -0.2) is 63.3 Å². The molecule has 0 bridgehead atoms. The molecule has 0 aliphatic carbocycles. The minimum absolute atomic E-state index is 0.0178. The van der Waals surface area contributed by atoms with Crippen molar-refractivity contribution in [3.63, 3.8) is 0 Å². The Bertz CT molecular complexity index is 913. The number of quaternary nitrogens is 1. The highest BCUT2D eigenvalue weighted by Gasteiger charge is 2.33.